The van der Waals surface area contributed by atoms with Gasteiger partial charge in [0.1, 0.15) is 5.78 Å². The minimum atomic E-state index is -0.359. The average Bonchev–Trinajstić information content (AvgIpc) is 2.83. The van der Waals surface area contributed by atoms with E-state index >= 15 is 0 Å². The molecule has 1 fully saturated rings. The van der Waals surface area contributed by atoms with Crippen LogP contribution >= 0.6 is 0 Å². The van der Waals surface area contributed by atoms with Gasteiger partial charge in [-0.3, -0.25) is 4.79 Å². The highest BCUT2D eigenvalue weighted by Gasteiger charge is 2.25. The van der Waals surface area contributed by atoms with Crippen LogP contribution in [0.4, 0.5) is 5.95 Å². The van der Waals surface area contributed by atoms with Crippen molar-refractivity contribution in [2.45, 2.75) is 40.0 Å². The number of hydrogen-bond acceptors (Lipinski definition) is 5. The first kappa shape index (κ1) is 12.1. The van der Waals surface area contributed by atoms with Crippen LogP contribution in [0.2, 0.25) is 0 Å². The van der Waals surface area contributed by atoms with E-state index in [0.717, 1.165) is 13.1 Å². The SMILES string of the molecule is CC(C)(C)C(=O)Cc1nc(N2CCCC2)no1. The van der Waals surface area contributed by atoms with Crippen molar-refractivity contribution in [3.05, 3.63) is 5.89 Å². The summed E-state index contributed by atoms with van der Waals surface area (Å²) in [5.74, 6) is 1.17. The molecule has 0 N–H and O–H groups in total. The number of ketones is 1. The summed E-state index contributed by atoms with van der Waals surface area (Å²) < 4.78 is 5.12. The third kappa shape index (κ3) is 2.84. The molecule has 0 aromatic carbocycles. The normalized spacial score (nSPS) is 16.5. The number of anilines is 1. The zero-order chi connectivity index (χ0) is 12.5. The molecule has 1 aromatic heterocycles. The molecule has 1 aliphatic heterocycles. The van der Waals surface area contributed by atoms with E-state index in [0.29, 0.717) is 11.8 Å². The molecule has 0 unspecified atom stereocenters. The molecule has 5 nitrogen and oxygen atoms in total. The molecule has 2 rings (SSSR count). The highest BCUT2D eigenvalue weighted by Crippen LogP contribution is 2.20. The van der Waals surface area contributed by atoms with Gasteiger partial charge in [0.25, 0.3) is 5.95 Å². The van der Waals surface area contributed by atoms with Crippen LogP contribution in [0.3, 0.4) is 0 Å². The van der Waals surface area contributed by atoms with Crippen molar-refractivity contribution < 1.29 is 9.32 Å². The summed E-state index contributed by atoms with van der Waals surface area (Å²) in [5.41, 5.74) is -0.359. The molecule has 17 heavy (non-hydrogen) atoms. The molecular weight excluding hydrogens is 218 g/mol. The molecule has 5 heteroatoms. The third-order valence-corrected chi connectivity index (χ3v) is 2.99. The van der Waals surface area contributed by atoms with Crippen LogP contribution in [0.15, 0.2) is 4.52 Å². The van der Waals surface area contributed by atoms with Gasteiger partial charge >= 0.3 is 0 Å². The predicted octanol–water partition coefficient (Wildman–Crippen LogP) is 1.83. The van der Waals surface area contributed by atoms with E-state index in [1.165, 1.54) is 12.8 Å². The van der Waals surface area contributed by atoms with Gasteiger partial charge in [0, 0.05) is 18.5 Å². The lowest BCUT2D eigenvalue weighted by atomic mass is 9.89. The summed E-state index contributed by atoms with van der Waals surface area (Å²) in [4.78, 5) is 18.2. The second kappa shape index (κ2) is 4.47. The number of Topliss-reactive ketones (excluding diaryl/α,β-unsaturated/α-hetero) is 1. The number of carbonyl (C=O) groups is 1. The largest absolute Gasteiger partial charge is 0.338 e. The van der Waals surface area contributed by atoms with Crippen LogP contribution in [0.5, 0.6) is 0 Å². The van der Waals surface area contributed by atoms with E-state index in [-0.39, 0.29) is 17.6 Å². The molecule has 94 valence electrons. The van der Waals surface area contributed by atoms with Crippen molar-refractivity contribution >= 4 is 11.7 Å². The van der Waals surface area contributed by atoms with Gasteiger partial charge in [0.2, 0.25) is 5.89 Å². The first-order chi connectivity index (χ1) is 7.97. The monoisotopic (exact) mass is 237 g/mol. The van der Waals surface area contributed by atoms with Gasteiger partial charge in [0.05, 0.1) is 6.42 Å². The molecule has 1 aromatic rings. The molecule has 0 radical (unpaired) electrons. The fourth-order valence-electron chi connectivity index (χ4n) is 1.77. The van der Waals surface area contributed by atoms with Gasteiger partial charge in [-0.15, -0.1) is 0 Å². The summed E-state index contributed by atoms with van der Waals surface area (Å²) >= 11 is 0. The topological polar surface area (TPSA) is 59.2 Å². The van der Waals surface area contributed by atoms with E-state index in [1.807, 2.05) is 20.8 Å². The minimum Gasteiger partial charge on any atom is -0.338 e. The molecule has 1 aliphatic rings. The summed E-state index contributed by atoms with van der Waals surface area (Å²) in [6.07, 6.45) is 2.57. The number of aromatic nitrogens is 2. The Kier molecular flexibility index (Phi) is 3.17. The highest BCUT2D eigenvalue weighted by molar-refractivity contribution is 5.84. The second-order valence-electron chi connectivity index (χ2n) is 5.53. The average molecular weight is 237 g/mol. The quantitative estimate of drug-likeness (QED) is 0.802. The van der Waals surface area contributed by atoms with Gasteiger partial charge in [-0.2, -0.15) is 4.98 Å². The highest BCUT2D eigenvalue weighted by atomic mass is 16.5. The molecule has 1 saturated heterocycles. The van der Waals surface area contributed by atoms with Crippen molar-refractivity contribution in [2.75, 3.05) is 18.0 Å². The number of carbonyl (C=O) groups excluding carboxylic acids is 1. The van der Waals surface area contributed by atoms with Crippen molar-refractivity contribution in [2.24, 2.45) is 5.41 Å². The Bertz CT molecular complexity index is 400. The lowest BCUT2D eigenvalue weighted by Gasteiger charge is -2.14. The summed E-state index contributed by atoms with van der Waals surface area (Å²) in [6.45, 7) is 7.64. The predicted molar refractivity (Wildman–Crippen MR) is 63.9 cm³/mol. The molecule has 0 atom stereocenters. The van der Waals surface area contributed by atoms with Crippen molar-refractivity contribution in [3.63, 3.8) is 0 Å². The number of rotatable bonds is 3. The maximum absolute atomic E-state index is 11.8. The van der Waals surface area contributed by atoms with E-state index in [1.54, 1.807) is 0 Å². The van der Waals surface area contributed by atoms with Crippen LogP contribution in [0, 0.1) is 5.41 Å². The zero-order valence-electron chi connectivity index (χ0n) is 10.7. The number of nitrogens with zero attached hydrogens (tertiary/aromatic N) is 3. The third-order valence-electron chi connectivity index (χ3n) is 2.99. The van der Waals surface area contributed by atoms with Crippen molar-refractivity contribution in [1.82, 2.24) is 10.1 Å². The summed E-state index contributed by atoms with van der Waals surface area (Å²) in [6, 6.07) is 0. The second-order valence-corrected chi connectivity index (χ2v) is 5.53. The fraction of sp³-hybridized carbons (Fsp3) is 0.750. The van der Waals surface area contributed by atoms with E-state index < -0.39 is 0 Å². The smallest absolute Gasteiger partial charge is 0.266 e. The van der Waals surface area contributed by atoms with Crippen molar-refractivity contribution in [1.29, 1.82) is 0 Å². The maximum Gasteiger partial charge on any atom is 0.266 e. The van der Waals surface area contributed by atoms with Crippen molar-refractivity contribution in [3.8, 4) is 0 Å². The van der Waals surface area contributed by atoms with Crippen LogP contribution < -0.4 is 4.90 Å². The summed E-state index contributed by atoms with van der Waals surface area (Å²) in [5, 5.41) is 3.92. The minimum absolute atomic E-state index is 0.120. The van der Waals surface area contributed by atoms with Gasteiger partial charge < -0.3 is 9.42 Å². The first-order valence-corrected chi connectivity index (χ1v) is 6.07. The van der Waals surface area contributed by atoms with Crippen LogP contribution in [0.25, 0.3) is 0 Å². The Morgan fingerprint density at radius 1 is 1.35 bits per heavy atom. The molecule has 0 saturated carbocycles. The van der Waals surface area contributed by atoms with Gasteiger partial charge in [0.15, 0.2) is 0 Å². The Morgan fingerprint density at radius 3 is 2.59 bits per heavy atom. The van der Waals surface area contributed by atoms with Crippen LogP contribution in [-0.4, -0.2) is 29.0 Å². The maximum atomic E-state index is 11.8. The molecule has 2 heterocycles. The van der Waals surface area contributed by atoms with Gasteiger partial charge in [-0.05, 0) is 18.0 Å². The van der Waals surface area contributed by atoms with Crippen LogP contribution in [0.1, 0.15) is 39.5 Å². The molecular formula is C12H19N3O2. The standard InChI is InChI=1S/C12H19N3O2/c1-12(2,3)9(16)8-10-13-11(14-17-10)15-6-4-5-7-15/h4-8H2,1-3H3. The van der Waals surface area contributed by atoms with Gasteiger partial charge in [-0.25, -0.2) is 0 Å². The number of hydrogen-bond donors (Lipinski definition) is 0. The lowest BCUT2D eigenvalue weighted by molar-refractivity contribution is -0.125. The zero-order valence-corrected chi connectivity index (χ0v) is 10.7. The molecule has 0 bridgehead atoms. The molecule has 0 aliphatic carbocycles. The molecule has 0 amide bonds. The fourth-order valence-corrected chi connectivity index (χ4v) is 1.77. The summed E-state index contributed by atoms with van der Waals surface area (Å²) in [7, 11) is 0. The van der Waals surface area contributed by atoms with E-state index in [2.05, 4.69) is 15.0 Å². The lowest BCUT2D eigenvalue weighted by Crippen LogP contribution is -2.22. The Hall–Kier alpha value is -1.39. The Labute approximate surface area is 101 Å². The first-order valence-electron chi connectivity index (χ1n) is 6.07. The van der Waals surface area contributed by atoms with E-state index in [9.17, 15) is 4.79 Å². The van der Waals surface area contributed by atoms with Gasteiger partial charge in [-0.1, -0.05) is 20.8 Å². The molecule has 0 spiro atoms. The Balaban J connectivity index is 2.01. The van der Waals surface area contributed by atoms with E-state index in [4.69, 9.17) is 4.52 Å². The van der Waals surface area contributed by atoms with Crippen LogP contribution in [-0.2, 0) is 11.2 Å². The Morgan fingerprint density at radius 2 is 2.00 bits per heavy atom.